The van der Waals surface area contributed by atoms with Gasteiger partial charge in [-0.3, -0.25) is 4.79 Å². The maximum absolute atomic E-state index is 14.7. The Kier molecular flexibility index (Phi) is 5.34. The molecule has 7 nitrogen and oxygen atoms in total. The van der Waals surface area contributed by atoms with Gasteiger partial charge in [-0.1, -0.05) is 25.3 Å². The van der Waals surface area contributed by atoms with Crippen LogP contribution in [0.4, 0.5) is 10.2 Å². The zero-order valence-electron chi connectivity index (χ0n) is 16.6. The van der Waals surface area contributed by atoms with Crippen LogP contribution >= 0.6 is 0 Å². The van der Waals surface area contributed by atoms with Crippen LogP contribution in [-0.2, 0) is 0 Å². The van der Waals surface area contributed by atoms with Crippen LogP contribution < -0.4 is 20.4 Å². The van der Waals surface area contributed by atoms with E-state index in [0.29, 0.717) is 17.9 Å². The third-order valence-corrected chi connectivity index (χ3v) is 5.51. The minimum atomic E-state index is -1.46. The molecule has 28 heavy (non-hydrogen) atoms. The average Bonchev–Trinajstić information content (AvgIpc) is 2.64. The van der Waals surface area contributed by atoms with E-state index in [4.69, 9.17) is 9.84 Å². The molecule has 0 radical (unpaired) electrons. The van der Waals surface area contributed by atoms with Gasteiger partial charge in [-0.15, -0.1) is 0 Å². The lowest BCUT2D eigenvalue weighted by atomic mass is 9.79. The van der Waals surface area contributed by atoms with E-state index >= 15 is 0 Å². The summed E-state index contributed by atoms with van der Waals surface area (Å²) in [6, 6.07) is 3.55. The number of carboxylic acid groups (broad SMARTS) is 1. The first-order valence-corrected chi connectivity index (χ1v) is 9.35. The number of piperidine rings is 1. The Morgan fingerprint density at radius 1 is 1.43 bits per heavy atom. The number of nitrogens with one attached hydrogen (secondary N) is 1. The minimum Gasteiger partial charge on any atom is -0.492 e. The molecule has 1 fully saturated rings. The van der Waals surface area contributed by atoms with Crippen molar-refractivity contribution in [1.29, 1.82) is 0 Å². The fourth-order valence-electron chi connectivity index (χ4n) is 4.13. The molecule has 8 heteroatoms. The molecule has 152 valence electrons. The Bertz CT molecular complexity index is 970. The first kappa shape index (κ1) is 20.1. The van der Waals surface area contributed by atoms with Gasteiger partial charge in [0.2, 0.25) is 5.43 Å². The van der Waals surface area contributed by atoms with Crippen LogP contribution in [0.2, 0.25) is 0 Å². The van der Waals surface area contributed by atoms with Crippen molar-refractivity contribution in [3.05, 3.63) is 34.1 Å². The molecular formula is C20H26FN3O4. The van der Waals surface area contributed by atoms with Gasteiger partial charge in [0.05, 0.1) is 24.4 Å². The summed E-state index contributed by atoms with van der Waals surface area (Å²) in [5.74, 6) is -1.24. The molecule has 1 aromatic carbocycles. The molecule has 2 heterocycles. The highest BCUT2D eigenvalue weighted by Crippen LogP contribution is 2.39. The molecule has 1 unspecified atom stereocenters. The highest BCUT2D eigenvalue weighted by atomic mass is 19.2. The smallest absolute Gasteiger partial charge is 0.341 e. The first-order valence-electron chi connectivity index (χ1n) is 9.35. The number of carboxylic acids is 1. The second-order valence-corrected chi connectivity index (χ2v) is 7.81. The van der Waals surface area contributed by atoms with E-state index in [1.807, 2.05) is 0 Å². The van der Waals surface area contributed by atoms with Gasteiger partial charge in [-0.2, -0.15) is 4.79 Å². The number of hydrogen-bond donors (Lipinski definition) is 2. The van der Waals surface area contributed by atoms with E-state index < -0.39 is 17.0 Å². The molecule has 1 atom stereocenters. The van der Waals surface area contributed by atoms with Crippen molar-refractivity contribution >= 4 is 22.6 Å². The maximum Gasteiger partial charge on any atom is 0.341 e. The summed E-state index contributed by atoms with van der Waals surface area (Å²) in [7, 11) is 1.42. The Morgan fingerprint density at radius 2 is 2.14 bits per heavy atom. The second kappa shape index (κ2) is 7.43. The molecule has 1 aromatic heterocycles. The number of benzene rings is 1. The van der Waals surface area contributed by atoms with Gasteiger partial charge in [0.1, 0.15) is 11.1 Å². The highest BCUT2D eigenvalue weighted by Gasteiger charge is 2.36. The molecule has 0 aliphatic carbocycles. The quantitative estimate of drug-likeness (QED) is 0.815. The number of pyridine rings is 1. The van der Waals surface area contributed by atoms with E-state index in [1.54, 1.807) is 6.07 Å². The van der Waals surface area contributed by atoms with E-state index in [9.17, 15) is 14.1 Å². The molecule has 1 saturated heterocycles. The molecule has 2 aromatic rings. The molecule has 0 bridgehead atoms. The van der Waals surface area contributed by atoms with Crippen molar-refractivity contribution in [2.75, 3.05) is 31.6 Å². The number of nitrogens with zero attached hydrogens (tertiary/aromatic N) is 2. The third-order valence-electron chi connectivity index (χ3n) is 5.51. The zero-order valence-corrected chi connectivity index (χ0v) is 16.6. The summed E-state index contributed by atoms with van der Waals surface area (Å²) in [4.78, 5) is 26.0. The third kappa shape index (κ3) is 3.32. The number of hydrogen-bond acceptors (Lipinski definition) is 5. The van der Waals surface area contributed by atoms with Gasteiger partial charge < -0.3 is 20.1 Å². The Hall–Kier alpha value is -2.61. The minimum absolute atomic E-state index is 0.0171. The van der Waals surface area contributed by atoms with E-state index in [1.165, 1.54) is 13.2 Å². The van der Waals surface area contributed by atoms with Gasteiger partial charge >= 0.3 is 5.97 Å². The van der Waals surface area contributed by atoms with Crippen LogP contribution in [0, 0.1) is 5.41 Å². The lowest BCUT2D eigenvalue weighted by Crippen LogP contribution is -2.54. The number of aromatic carboxylic acids is 1. The maximum atomic E-state index is 14.7. The van der Waals surface area contributed by atoms with Gasteiger partial charge in [0.15, 0.2) is 5.75 Å². The Balaban J connectivity index is 2.11. The molecule has 3 rings (SSSR count). The van der Waals surface area contributed by atoms with E-state index in [-0.39, 0.29) is 26.9 Å². The number of methoxy groups -OCH3 is 1. The van der Waals surface area contributed by atoms with Crippen molar-refractivity contribution in [1.82, 2.24) is 10.1 Å². The SMILES string of the molecule is CCNC1CCN(c2ccc3c(=O)c(C(=O)O)cn(F)c3c2OC)CC1(C)C. The highest BCUT2D eigenvalue weighted by molar-refractivity contribution is 5.96. The van der Waals surface area contributed by atoms with Crippen molar-refractivity contribution < 1.29 is 19.1 Å². The van der Waals surface area contributed by atoms with Crippen LogP contribution in [-0.4, -0.2) is 48.7 Å². The number of halogens is 1. The Labute approximate surface area is 162 Å². The monoisotopic (exact) mass is 391 g/mol. The van der Waals surface area contributed by atoms with Crippen LogP contribution in [0.1, 0.15) is 37.6 Å². The molecule has 1 aliphatic heterocycles. The molecular weight excluding hydrogens is 365 g/mol. The van der Waals surface area contributed by atoms with Crippen LogP contribution in [0.3, 0.4) is 0 Å². The number of aromatic nitrogens is 1. The van der Waals surface area contributed by atoms with Crippen molar-refractivity contribution in [3.8, 4) is 5.75 Å². The molecule has 0 amide bonds. The zero-order chi connectivity index (χ0) is 20.6. The molecule has 0 spiro atoms. The molecule has 1 aliphatic rings. The van der Waals surface area contributed by atoms with Crippen LogP contribution in [0.25, 0.3) is 10.9 Å². The second-order valence-electron chi connectivity index (χ2n) is 7.81. The topological polar surface area (TPSA) is 83.8 Å². The van der Waals surface area contributed by atoms with Crippen molar-refractivity contribution in [3.63, 3.8) is 0 Å². The lowest BCUT2D eigenvalue weighted by Gasteiger charge is -2.45. The Morgan fingerprint density at radius 3 is 2.71 bits per heavy atom. The number of rotatable bonds is 5. The van der Waals surface area contributed by atoms with Gasteiger partial charge in [0, 0.05) is 19.1 Å². The molecule has 2 N–H and O–H groups in total. The van der Waals surface area contributed by atoms with Gasteiger partial charge in [0.25, 0.3) is 0 Å². The lowest BCUT2D eigenvalue weighted by molar-refractivity contribution is 0.0693. The van der Waals surface area contributed by atoms with Gasteiger partial charge in [-0.25, -0.2) is 4.79 Å². The molecule has 0 saturated carbocycles. The number of fused-ring (bicyclic) bond motifs is 1. The van der Waals surface area contributed by atoms with Crippen LogP contribution in [0.5, 0.6) is 5.75 Å². The van der Waals surface area contributed by atoms with Crippen molar-refractivity contribution in [2.24, 2.45) is 5.41 Å². The van der Waals surface area contributed by atoms with Crippen LogP contribution in [0.15, 0.2) is 23.1 Å². The standard InChI is InChI=1S/C20H26FN3O4/c1-5-22-15-8-9-23(11-20(15,2)3)14-7-6-12-16(18(14)28-4)24(21)10-13(17(12)25)19(26)27/h6-7,10,15,22H,5,8-9,11H2,1-4H3,(H,26,27). The summed E-state index contributed by atoms with van der Waals surface area (Å²) in [6.45, 7) is 8.84. The summed E-state index contributed by atoms with van der Waals surface area (Å²) in [5.41, 5.74) is -0.727. The van der Waals surface area contributed by atoms with E-state index in [0.717, 1.165) is 26.1 Å². The van der Waals surface area contributed by atoms with E-state index in [2.05, 4.69) is 31.0 Å². The summed E-state index contributed by atoms with van der Waals surface area (Å²) >= 11 is 0. The predicted molar refractivity (Wildman–Crippen MR) is 106 cm³/mol. The number of anilines is 1. The fourth-order valence-corrected chi connectivity index (χ4v) is 4.13. The summed E-state index contributed by atoms with van der Waals surface area (Å²) in [6.07, 6.45) is 1.61. The average molecular weight is 391 g/mol. The fraction of sp³-hybridized carbons (Fsp3) is 0.500. The predicted octanol–water partition coefficient (Wildman–Crippen LogP) is 2.66. The normalized spacial score (nSPS) is 19.0. The van der Waals surface area contributed by atoms with Crippen molar-refractivity contribution in [2.45, 2.75) is 33.2 Å². The summed E-state index contributed by atoms with van der Waals surface area (Å²) < 4.78 is 20.2. The number of ether oxygens (including phenoxy) is 1. The van der Waals surface area contributed by atoms with Gasteiger partial charge in [-0.05, 0) is 30.5 Å². The summed E-state index contributed by atoms with van der Waals surface area (Å²) in [5, 5.41) is 12.6. The largest absolute Gasteiger partial charge is 0.492 e. The first-order chi connectivity index (χ1) is 13.2. The number of carbonyl (C=O) groups is 1.